The molecule has 0 rings (SSSR count). The van der Waals surface area contributed by atoms with Gasteiger partial charge in [0.25, 0.3) is 10.1 Å². The van der Waals surface area contributed by atoms with E-state index in [0.29, 0.717) is 0 Å². The molecule has 0 aliphatic carbocycles. The van der Waals surface area contributed by atoms with E-state index in [0.717, 1.165) is 0 Å². The Morgan fingerprint density at radius 3 is 1.29 bits per heavy atom. The number of esters is 2. The van der Waals surface area contributed by atoms with E-state index in [1.54, 1.807) is 0 Å². The third-order valence-corrected chi connectivity index (χ3v) is 4.49. The van der Waals surface area contributed by atoms with Crippen molar-refractivity contribution in [2.24, 2.45) is 0 Å². The minimum atomic E-state index is -6.92. The molecule has 1 unspecified atom stereocenters. The molecule has 0 aromatic heterocycles. The lowest BCUT2D eigenvalue weighted by molar-refractivity contribution is -0.360. The molecule has 0 radical (unpaired) electrons. The highest BCUT2D eigenvalue weighted by Gasteiger charge is 2.74. The topological polar surface area (TPSA) is 107 Å². The van der Waals surface area contributed by atoms with Gasteiger partial charge in [0.05, 0.1) is 6.42 Å². The van der Waals surface area contributed by atoms with Crippen molar-refractivity contribution in [3.05, 3.63) is 0 Å². The summed E-state index contributed by atoms with van der Waals surface area (Å²) < 4.78 is 212. The summed E-state index contributed by atoms with van der Waals surface area (Å²) >= 11 is 0. The van der Waals surface area contributed by atoms with Gasteiger partial charge in [-0.05, 0) is 0 Å². The van der Waals surface area contributed by atoms with E-state index >= 15 is 0 Å². The monoisotopic (exact) mass is 562 g/mol. The number of rotatable bonds is 10. The number of carbonyl (C=O) groups excluding carboxylic acids is 2. The summed E-state index contributed by atoms with van der Waals surface area (Å²) in [5.74, 6) is -31.5. The third kappa shape index (κ3) is 6.95. The van der Waals surface area contributed by atoms with Gasteiger partial charge in [-0.25, -0.2) is 0 Å². The fraction of sp³-hybridized carbons (Fsp3) is 0.833. The van der Waals surface area contributed by atoms with Gasteiger partial charge in [-0.2, -0.15) is 69.9 Å². The summed E-state index contributed by atoms with van der Waals surface area (Å²) in [6, 6.07) is 0. The van der Waals surface area contributed by atoms with Crippen LogP contribution in [0.25, 0.3) is 0 Å². The van der Waals surface area contributed by atoms with E-state index < -0.39 is 83.0 Å². The summed E-state index contributed by atoms with van der Waals surface area (Å²) in [5.41, 5.74) is 0. The molecule has 0 aliphatic heterocycles. The van der Waals surface area contributed by atoms with Gasteiger partial charge >= 0.3 is 48.0 Å². The van der Waals surface area contributed by atoms with Gasteiger partial charge in [-0.1, -0.05) is 0 Å². The van der Waals surface area contributed by atoms with Crippen molar-refractivity contribution in [1.82, 2.24) is 0 Å². The quantitative estimate of drug-likeness (QED) is 0.247. The van der Waals surface area contributed by atoms with Crippen LogP contribution in [0.1, 0.15) is 6.42 Å². The second kappa shape index (κ2) is 9.49. The van der Waals surface area contributed by atoms with Crippen LogP contribution in [0.4, 0.5) is 61.5 Å². The van der Waals surface area contributed by atoms with Crippen molar-refractivity contribution in [1.29, 1.82) is 0 Å². The van der Waals surface area contributed by atoms with Gasteiger partial charge in [0.1, 0.15) is 0 Å². The third-order valence-electron chi connectivity index (χ3n) is 3.42. The highest BCUT2D eigenvalue weighted by molar-refractivity contribution is 7.87. The van der Waals surface area contributed by atoms with Gasteiger partial charge in [0.2, 0.25) is 0 Å². The van der Waals surface area contributed by atoms with Crippen molar-refractivity contribution in [3.63, 3.8) is 0 Å². The number of ether oxygens (including phenoxy) is 2. The minimum absolute atomic E-state index is 2.33. The van der Waals surface area contributed by atoms with Crippen LogP contribution in [0.5, 0.6) is 0 Å². The smallest absolute Gasteiger partial charge is 0.459 e. The predicted octanol–water partition coefficient (Wildman–Crippen LogP) is 3.39. The van der Waals surface area contributed by atoms with E-state index in [1.165, 1.54) is 0 Å². The molecule has 0 fully saturated rings. The SMILES string of the molecule is O=C(CC(C(=O)OCC(F)(F)C(F)(F)C(F)(F)F)S(=O)(=O)O)OCC(F)(F)C(F)(F)C(F)(F)F. The zero-order chi connectivity index (χ0) is 27.8. The average Bonchev–Trinajstić information content (AvgIpc) is 2.59. The summed E-state index contributed by atoms with van der Waals surface area (Å²) in [7, 11) is -6.04. The number of hydrogen-bond acceptors (Lipinski definition) is 6. The van der Waals surface area contributed by atoms with Crippen LogP contribution >= 0.6 is 0 Å². The van der Waals surface area contributed by atoms with E-state index in [2.05, 4.69) is 9.47 Å². The molecule has 7 nitrogen and oxygen atoms in total. The van der Waals surface area contributed by atoms with E-state index in [9.17, 15) is 79.5 Å². The lowest BCUT2D eigenvalue weighted by Gasteiger charge is -2.28. The second-order valence-electron chi connectivity index (χ2n) is 6.03. The van der Waals surface area contributed by atoms with E-state index in [1.807, 2.05) is 0 Å². The molecule has 0 saturated heterocycles. The van der Waals surface area contributed by atoms with Gasteiger partial charge < -0.3 is 9.47 Å². The Kier molecular flexibility index (Phi) is 8.90. The summed E-state index contributed by atoms with van der Waals surface area (Å²) in [6.07, 6.45) is -16.1. The van der Waals surface area contributed by atoms with E-state index in [-0.39, 0.29) is 0 Å². The zero-order valence-corrected chi connectivity index (χ0v) is 16.1. The molecular formula is C12H8F14O7S. The van der Waals surface area contributed by atoms with Crippen LogP contribution in [-0.4, -0.2) is 79.4 Å². The lowest BCUT2D eigenvalue weighted by atomic mass is 10.1. The Morgan fingerprint density at radius 1 is 0.676 bits per heavy atom. The number of carbonyl (C=O) groups is 2. The fourth-order valence-electron chi connectivity index (χ4n) is 1.54. The summed E-state index contributed by atoms with van der Waals surface area (Å²) in [5, 5.41) is -3.55. The maximum absolute atomic E-state index is 13.0. The molecule has 34 heavy (non-hydrogen) atoms. The molecule has 0 bridgehead atoms. The first kappa shape index (κ1) is 31.9. The highest BCUT2D eigenvalue weighted by Crippen LogP contribution is 2.47. The van der Waals surface area contributed by atoms with Crippen molar-refractivity contribution in [2.45, 2.75) is 47.7 Å². The Hall–Kier alpha value is -2.13. The standard InChI is InChI=1S/C12H8F14O7S/c13-7(14,9(17,18)11(21,22)23)2-32-5(27)1-4(34(29,30)31)6(28)33-3-8(15,16)10(19,20)12(24,25)26/h4H,1-3H2,(H,29,30,31). The number of alkyl halides is 14. The van der Waals surface area contributed by atoms with Crippen molar-refractivity contribution < 1.29 is 93.5 Å². The zero-order valence-electron chi connectivity index (χ0n) is 15.3. The molecule has 0 heterocycles. The van der Waals surface area contributed by atoms with Crippen molar-refractivity contribution in [3.8, 4) is 0 Å². The van der Waals surface area contributed by atoms with Gasteiger partial charge in [0.15, 0.2) is 18.5 Å². The van der Waals surface area contributed by atoms with Crippen LogP contribution in [-0.2, 0) is 29.2 Å². The lowest BCUT2D eigenvalue weighted by Crippen LogP contribution is -2.55. The van der Waals surface area contributed by atoms with Crippen LogP contribution < -0.4 is 0 Å². The first-order valence-electron chi connectivity index (χ1n) is 7.55. The summed E-state index contributed by atoms with van der Waals surface area (Å²) in [6.45, 7) is -6.32. The molecule has 22 heteroatoms. The van der Waals surface area contributed by atoms with E-state index in [4.69, 9.17) is 4.55 Å². The van der Waals surface area contributed by atoms with Crippen molar-refractivity contribution in [2.75, 3.05) is 13.2 Å². The molecule has 0 aliphatic rings. The van der Waals surface area contributed by atoms with Crippen LogP contribution in [0, 0.1) is 0 Å². The molecule has 0 aromatic carbocycles. The average molecular weight is 562 g/mol. The number of halogens is 14. The fourth-order valence-corrected chi connectivity index (χ4v) is 2.20. The Bertz CT molecular complexity index is 861. The van der Waals surface area contributed by atoms with Crippen molar-refractivity contribution >= 4 is 22.1 Å². The minimum Gasteiger partial charge on any atom is -0.459 e. The predicted molar refractivity (Wildman–Crippen MR) is 73.8 cm³/mol. The molecule has 0 aromatic rings. The highest BCUT2D eigenvalue weighted by atomic mass is 32.2. The van der Waals surface area contributed by atoms with Gasteiger partial charge in [0, 0.05) is 0 Å². The molecule has 0 spiro atoms. The molecular weight excluding hydrogens is 554 g/mol. The largest absolute Gasteiger partial charge is 0.460 e. The number of hydrogen-bond donors (Lipinski definition) is 1. The van der Waals surface area contributed by atoms with Gasteiger partial charge in [-0.15, -0.1) is 0 Å². The maximum Gasteiger partial charge on any atom is 0.460 e. The second-order valence-corrected chi connectivity index (χ2v) is 7.63. The van der Waals surface area contributed by atoms with Crippen LogP contribution in [0.2, 0.25) is 0 Å². The molecule has 1 N–H and O–H groups in total. The first-order chi connectivity index (χ1) is 14.6. The van der Waals surface area contributed by atoms with Crippen LogP contribution in [0.3, 0.4) is 0 Å². The van der Waals surface area contributed by atoms with Gasteiger partial charge in [-0.3, -0.25) is 14.1 Å². The first-order valence-corrected chi connectivity index (χ1v) is 9.05. The summed E-state index contributed by atoms with van der Waals surface area (Å²) in [4.78, 5) is 22.6. The Balaban J connectivity index is 5.45. The molecule has 0 saturated carbocycles. The molecule has 202 valence electrons. The normalized spacial score (nSPS) is 15.6. The maximum atomic E-state index is 13.0. The molecule has 0 amide bonds. The molecule has 1 atom stereocenters. The van der Waals surface area contributed by atoms with Crippen LogP contribution in [0.15, 0.2) is 0 Å². The Labute approximate surface area is 177 Å². The Morgan fingerprint density at radius 2 is 1.00 bits per heavy atom.